The second-order valence-corrected chi connectivity index (χ2v) is 3.35. The van der Waals surface area contributed by atoms with E-state index in [4.69, 9.17) is 5.73 Å². The highest BCUT2D eigenvalue weighted by molar-refractivity contribution is 5.92. The first kappa shape index (κ1) is 11.1. The van der Waals surface area contributed by atoms with Crippen molar-refractivity contribution in [3.05, 3.63) is 30.2 Å². The standard InChI is InChI=1S/C10H12N6O/c1-2-12-10(17)8-3-4-9(15-14-8)16-6-7(11)5-13-16/h3-6H,2,11H2,1H3,(H,12,17). The number of carbonyl (C=O) groups is 1. The van der Waals surface area contributed by atoms with E-state index in [0.717, 1.165) is 0 Å². The topological polar surface area (TPSA) is 98.7 Å². The fraction of sp³-hybridized carbons (Fsp3) is 0.200. The van der Waals surface area contributed by atoms with E-state index in [1.807, 2.05) is 6.92 Å². The van der Waals surface area contributed by atoms with Crippen LogP contribution in [-0.2, 0) is 0 Å². The van der Waals surface area contributed by atoms with E-state index < -0.39 is 0 Å². The smallest absolute Gasteiger partial charge is 0.271 e. The molecule has 88 valence electrons. The average molecular weight is 232 g/mol. The van der Waals surface area contributed by atoms with Crippen LogP contribution in [0.25, 0.3) is 5.82 Å². The number of aromatic nitrogens is 4. The van der Waals surface area contributed by atoms with Crippen molar-refractivity contribution in [1.82, 2.24) is 25.3 Å². The lowest BCUT2D eigenvalue weighted by molar-refractivity contribution is 0.0950. The van der Waals surface area contributed by atoms with Gasteiger partial charge in [0, 0.05) is 6.54 Å². The molecule has 1 amide bonds. The van der Waals surface area contributed by atoms with Gasteiger partial charge in [-0.2, -0.15) is 5.10 Å². The Hall–Kier alpha value is -2.44. The number of anilines is 1. The lowest BCUT2D eigenvalue weighted by atomic mass is 10.3. The lowest BCUT2D eigenvalue weighted by Crippen LogP contribution is -2.24. The van der Waals surface area contributed by atoms with Crippen LogP contribution in [0.3, 0.4) is 0 Å². The Labute approximate surface area is 97.6 Å². The van der Waals surface area contributed by atoms with Crippen molar-refractivity contribution in [2.45, 2.75) is 6.92 Å². The van der Waals surface area contributed by atoms with Crippen LogP contribution < -0.4 is 11.1 Å². The maximum Gasteiger partial charge on any atom is 0.271 e. The quantitative estimate of drug-likeness (QED) is 0.775. The predicted octanol–water partition coefficient (Wildman–Crippen LogP) is -0.00580. The van der Waals surface area contributed by atoms with Crippen LogP contribution in [0, 0.1) is 0 Å². The van der Waals surface area contributed by atoms with Gasteiger partial charge in [0.15, 0.2) is 11.5 Å². The van der Waals surface area contributed by atoms with Crippen LogP contribution >= 0.6 is 0 Å². The number of nitrogens with one attached hydrogen (secondary N) is 1. The largest absolute Gasteiger partial charge is 0.396 e. The van der Waals surface area contributed by atoms with E-state index >= 15 is 0 Å². The third kappa shape index (κ3) is 2.39. The number of amides is 1. The summed E-state index contributed by atoms with van der Waals surface area (Å²) in [6.07, 6.45) is 3.13. The van der Waals surface area contributed by atoms with Crippen LogP contribution in [0.5, 0.6) is 0 Å². The summed E-state index contributed by atoms with van der Waals surface area (Å²) >= 11 is 0. The van der Waals surface area contributed by atoms with Gasteiger partial charge < -0.3 is 11.1 Å². The van der Waals surface area contributed by atoms with Gasteiger partial charge in [-0.25, -0.2) is 4.68 Å². The molecule has 0 atom stereocenters. The highest BCUT2D eigenvalue weighted by Gasteiger charge is 2.07. The Morgan fingerprint density at radius 3 is 2.82 bits per heavy atom. The summed E-state index contributed by atoms with van der Waals surface area (Å²) < 4.78 is 1.49. The van der Waals surface area contributed by atoms with Gasteiger partial charge >= 0.3 is 0 Å². The minimum atomic E-state index is -0.244. The molecule has 2 aromatic heterocycles. The number of carbonyl (C=O) groups excluding carboxylic acids is 1. The number of nitrogens with two attached hydrogens (primary N) is 1. The fourth-order valence-corrected chi connectivity index (χ4v) is 1.28. The Bertz CT molecular complexity index is 518. The molecular weight excluding hydrogens is 220 g/mol. The molecule has 0 spiro atoms. The van der Waals surface area contributed by atoms with Gasteiger partial charge in [0.2, 0.25) is 0 Å². The molecule has 0 saturated heterocycles. The molecule has 2 rings (SSSR count). The Morgan fingerprint density at radius 1 is 1.47 bits per heavy atom. The second-order valence-electron chi connectivity index (χ2n) is 3.35. The molecule has 7 nitrogen and oxygen atoms in total. The van der Waals surface area contributed by atoms with Gasteiger partial charge in [-0.05, 0) is 19.1 Å². The highest BCUT2D eigenvalue weighted by Crippen LogP contribution is 2.05. The van der Waals surface area contributed by atoms with E-state index in [0.29, 0.717) is 18.1 Å². The number of hydrogen-bond acceptors (Lipinski definition) is 5. The third-order valence-electron chi connectivity index (χ3n) is 2.06. The van der Waals surface area contributed by atoms with Gasteiger partial charge in [0.25, 0.3) is 5.91 Å². The molecule has 7 heteroatoms. The summed E-state index contributed by atoms with van der Waals surface area (Å²) in [7, 11) is 0. The molecule has 0 saturated carbocycles. The van der Waals surface area contributed by atoms with Crippen molar-refractivity contribution in [2.75, 3.05) is 12.3 Å². The van der Waals surface area contributed by atoms with Gasteiger partial charge in [-0.1, -0.05) is 0 Å². The predicted molar refractivity (Wildman–Crippen MR) is 61.6 cm³/mol. The summed E-state index contributed by atoms with van der Waals surface area (Å²) in [4.78, 5) is 11.4. The molecule has 2 heterocycles. The van der Waals surface area contributed by atoms with Crippen molar-refractivity contribution < 1.29 is 4.79 Å². The minimum Gasteiger partial charge on any atom is -0.396 e. The fourth-order valence-electron chi connectivity index (χ4n) is 1.28. The maximum absolute atomic E-state index is 11.4. The van der Waals surface area contributed by atoms with Gasteiger partial charge in [-0.3, -0.25) is 4.79 Å². The van der Waals surface area contributed by atoms with Gasteiger partial charge in [0.1, 0.15) is 0 Å². The SMILES string of the molecule is CCNC(=O)c1ccc(-n2cc(N)cn2)nn1. The van der Waals surface area contributed by atoms with Crippen LogP contribution in [0.4, 0.5) is 5.69 Å². The zero-order valence-corrected chi connectivity index (χ0v) is 9.29. The van der Waals surface area contributed by atoms with Crippen molar-refractivity contribution in [3.63, 3.8) is 0 Å². The molecule has 3 N–H and O–H groups in total. The monoisotopic (exact) mass is 232 g/mol. The molecule has 0 bridgehead atoms. The van der Waals surface area contributed by atoms with Crippen molar-refractivity contribution in [1.29, 1.82) is 0 Å². The van der Waals surface area contributed by atoms with E-state index in [9.17, 15) is 4.79 Å². The summed E-state index contributed by atoms with van der Waals surface area (Å²) in [6, 6.07) is 3.25. The molecule has 0 fully saturated rings. The zero-order valence-electron chi connectivity index (χ0n) is 9.29. The number of nitrogen functional groups attached to an aromatic ring is 1. The zero-order chi connectivity index (χ0) is 12.3. The summed E-state index contributed by atoms with van der Waals surface area (Å²) in [5.41, 5.74) is 6.35. The summed E-state index contributed by atoms with van der Waals surface area (Å²) in [6.45, 7) is 2.39. The van der Waals surface area contributed by atoms with Crippen molar-refractivity contribution in [2.24, 2.45) is 0 Å². The molecular formula is C10H12N6O. The minimum absolute atomic E-state index is 0.244. The highest BCUT2D eigenvalue weighted by atomic mass is 16.1. The van der Waals surface area contributed by atoms with Crippen molar-refractivity contribution in [3.8, 4) is 5.82 Å². The van der Waals surface area contributed by atoms with Gasteiger partial charge in [-0.15, -0.1) is 10.2 Å². The average Bonchev–Trinajstić information content (AvgIpc) is 2.76. The number of nitrogens with zero attached hydrogens (tertiary/aromatic N) is 4. The summed E-state index contributed by atoms with van der Waals surface area (Å²) in [5.74, 6) is 0.265. The molecule has 2 aromatic rings. The molecule has 0 aromatic carbocycles. The Balaban J connectivity index is 2.21. The molecule has 0 unspecified atom stereocenters. The molecule has 17 heavy (non-hydrogen) atoms. The maximum atomic E-state index is 11.4. The van der Waals surface area contributed by atoms with E-state index in [2.05, 4.69) is 20.6 Å². The number of rotatable bonds is 3. The van der Waals surface area contributed by atoms with Crippen LogP contribution in [0.1, 0.15) is 17.4 Å². The van der Waals surface area contributed by atoms with Crippen LogP contribution in [0.2, 0.25) is 0 Å². The number of hydrogen-bond donors (Lipinski definition) is 2. The molecule has 0 radical (unpaired) electrons. The first-order valence-electron chi connectivity index (χ1n) is 5.13. The van der Waals surface area contributed by atoms with Crippen LogP contribution in [-0.4, -0.2) is 32.4 Å². The van der Waals surface area contributed by atoms with E-state index in [1.54, 1.807) is 18.3 Å². The van der Waals surface area contributed by atoms with E-state index in [-0.39, 0.29) is 11.6 Å². The summed E-state index contributed by atoms with van der Waals surface area (Å²) in [5, 5.41) is 14.3. The third-order valence-corrected chi connectivity index (χ3v) is 2.06. The van der Waals surface area contributed by atoms with Crippen molar-refractivity contribution >= 4 is 11.6 Å². The molecule has 0 aliphatic heterocycles. The molecule has 0 aliphatic carbocycles. The van der Waals surface area contributed by atoms with E-state index in [1.165, 1.54) is 10.9 Å². The lowest BCUT2D eigenvalue weighted by Gasteiger charge is -2.02. The normalized spacial score (nSPS) is 10.2. The van der Waals surface area contributed by atoms with Gasteiger partial charge in [0.05, 0.1) is 18.1 Å². The Kier molecular flexibility index (Phi) is 2.99. The first-order valence-corrected chi connectivity index (χ1v) is 5.13. The molecule has 0 aliphatic rings. The van der Waals surface area contributed by atoms with Crippen LogP contribution in [0.15, 0.2) is 24.5 Å². The Morgan fingerprint density at radius 2 is 2.29 bits per heavy atom. The second kappa shape index (κ2) is 4.60. The first-order chi connectivity index (χ1) is 8.20.